The molecule has 1 saturated heterocycles. The summed E-state index contributed by atoms with van der Waals surface area (Å²) in [5, 5.41) is 0.0702. The van der Waals surface area contributed by atoms with Gasteiger partial charge in [0.05, 0.1) is 12.8 Å². The zero-order valence-electron chi connectivity index (χ0n) is 10.7. The molecule has 6 heteroatoms. The Morgan fingerprint density at radius 3 is 2.89 bits per heavy atom. The zero-order valence-corrected chi connectivity index (χ0v) is 13.1. The van der Waals surface area contributed by atoms with Gasteiger partial charge in [-0.05, 0) is 18.2 Å². The highest BCUT2D eigenvalue weighted by Gasteiger charge is 2.33. The van der Waals surface area contributed by atoms with Crippen LogP contribution in [0, 0.1) is 0 Å². The topological polar surface area (TPSA) is 46.6 Å². The van der Waals surface area contributed by atoms with E-state index in [0.29, 0.717) is 18.7 Å². The molecule has 0 saturated carbocycles. The van der Waals surface area contributed by atoms with E-state index in [2.05, 4.69) is 15.9 Å². The fourth-order valence-corrected chi connectivity index (χ4v) is 3.35. The third-order valence-corrected chi connectivity index (χ3v) is 4.33. The van der Waals surface area contributed by atoms with Crippen LogP contribution in [-0.4, -0.2) is 29.9 Å². The molecule has 0 N–H and O–H groups in total. The molecule has 0 aromatic heterocycles. The number of hydrogen-bond donors (Lipinski definition) is 0. The highest BCUT2D eigenvalue weighted by molar-refractivity contribution is 9.10. The predicted octanol–water partition coefficient (Wildman–Crippen LogP) is 2.84. The van der Waals surface area contributed by atoms with E-state index in [1.54, 1.807) is 12.0 Å². The van der Waals surface area contributed by atoms with E-state index < -0.39 is 0 Å². The van der Waals surface area contributed by atoms with Crippen molar-refractivity contribution in [1.29, 1.82) is 0 Å². The van der Waals surface area contributed by atoms with Gasteiger partial charge in [-0.15, -0.1) is 0 Å². The molecular formula is C13H14BrNO3S. The molecule has 1 aliphatic rings. The molecule has 1 aromatic carbocycles. The maximum Gasteiger partial charge on any atom is 0.228 e. The first-order valence-corrected chi connectivity index (χ1v) is 7.49. The van der Waals surface area contributed by atoms with Gasteiger partial charge in [0.2, 0.25) is 5.91 Å². The minimum atomic E-state index is 0.0263. The van der Waals surface area contributed by atoms with Crippen LogP contribution in [-0.2, 0) is 9.59 Å². The van der Waals surface area contributed by atoms with Crippen LogP contribution in [0.15, 0.2) is 22.7 Å². The number of benzene rings is 1. The Labute approximate surface area is 124 Å². The van der Waals surface area contributed by atoms with Crippen LogP contribution in [0.5, 0.6) is 5.75 Å². The quantitative estimate of drug-likeness (QED) is 0.846. The summed E-state index contributed by atoms with van der Waals surface area (Å²) in [5.74, 6) is 0.676. The summed E-state index contributed by atoms with van der Waals surface area (Å²) in [5.41, 5.74) is 0.752. The molecule has 4 nitrogen and oxygen atoms in total. The van der Waals surface area contributed by atoms with E-state index in [9.17, 15) is 9.59 Å². The molecular weight excluding hydrogens is 330 g/mol. The molecule has 19 heavy (non-hydrogen) atoms. The number of carbonyl (C=O) groups excluding carboxylic acids is 2. The van der Waals surface area contributed by atoms with E-state index >= 15 is 0 Å². The average molecular weight is 344 g/mol. The Morgan fingerprint density at radius 1 is 1.53 bits per heavy atom. The monoisotopic (exact) mass is 343 g/mol. The Bertz CT molecular complexity index is 521. The van der Waals surface area contributed by atoms with E-state index in [4.69, 9.17) is 4.74 Å². The Kier molecular flexibility index (Phi) is 4.52. The van der Waals surface area contributed by atoms with E-state index in [0.717, 1.165) is 10.2 Å². The average Bonchev–Trinajstić information content (AvgIpc) is 2.69. The Hall–Kier alpha value is -1.01. The lowest BCUT2D eigenvalue weighted by Gasteiger charge is -2.19. The SMILES string of the molecule is COc1cc(Br)ccc1N1CC(SC(C)=O)CC1=O. The van der Waals surface area contributed by atoms with Gasteiger partial charge < -0.3 is 9.64 Å². The minimum absolute atomic E-state index is 0.0263. The van der Waals surface area contributed by atoms with Crippen molar-refractivity contribution in [2.75, 3.05) is 18.6 Å². The van der Waals surface area contributed by atoms with Crippen molar-refractivity contribution in [3.63, 3.8) is 0 Å². The summed E-state index contributed by atoms with van der Waals surface area (Å²) in [4.78, 5) is 24.9. The van der Waals surface area contributed by atoms with E-state index in [1.165, 1.54) is 18.7 Å². The van der Waals surface area contributed by atoms with Crippen LogP contribution >= 0.6 is 27.7 Å². The van der Waals surface area contributed by atoms with Gasteiger partial charge in [0.15, 0.2) is 5.12 Å². The molecule has 0 aliphatic carbocycles. The van der Waals surface area contributed by atoms with E-state index in [1.807, 2.05) is 18.2 Å². The molecule has 1 aromatic rings. The third-order valence-electron chi connectivity index (χ3n) is 2.85. The molecule has 0 spiro atoms. The third kappa shape index (κ3) is 3.30. The number of methoxy groups -OCH3 is 1. The van der Waals surface area contributed by atoms with Gasteiger partial charge in [-0.2, -0.15) is 0 Å². The van der Waals surface area contributed by atoms with Gasteiger partial charge in [0, 0.05) is 29.6 Å². The van der Waals surface area contributed by atoms with Crippen LogP contribution in [0.2, 0.25) is 0 Å². The van der Waals surface area contributed by atoms with Crippen molar-refractivity contribution >= 4 is 44.4 Å². The molecule has 1 heterocycles. The number of halogens is 1. The van der Waals surface area contributed by atoms with Crippen LogP contribution in [0.1, 0.15) is 13.3 Å². The number of carbonyl (C=O) groups is 2. The summed E-state index contributed by atoms with van der Waals surface area (Å²) in [6, 6.07) is 5.55. The van der Waals surface area contributed by atoms with Crippen molar-refractivity contribution < 1.29 is 14.3 Å². The van der Waals surface area contributed by atoms with Crippen LogP contribution < -0.4 is 9.64 Å². The molecule has 1 fully saturated rings. The molecule has 1 aliphatic heterocycles. The molecule has 1 atom stereocenters. The number of amides is 1. The van der Waals surface area contributed by atoms with Crippen molar-refractivity contribution in [1.82, 2.24) is 0 Å². The molecule has 1 unspecified atom stereocenters. The zero-order chi connectivity index (χ0) is 14.0. The summed E-state index contributed by atoms with van der Waals surface area (Å²) in [7, 11) is 1.58. The smallest absolute Gasteiger partial charge is 0.228 e. The maximum atomic E-state index is 12.1. The van der Waals surface area contributed by atoms with Gasteiger partial charge in [-0.3, -0.25) is 9.59 Å². The summed E-state index contributed by atoms with van der Waals surface area (Å²) in [6.07, 6.45) is 0.392. The highest BCUT2D eigenvalue weighted by atomic mass is 79.9. The first-order valence-electron chi connectivity index (χ1n) is 5.82. The van der Waals surface area contributed by atoms with Gasteiger partial charge in [-0.25, -0.2) is 0 Å². The van der Waals surface area contributed by atoms with Crippen molar-refractivity contribution in [2.45, 2.75) is 18.6 Å². The maximum absolute atomic E-state index is 12.1. The van der Waals surface area contributed by atoms with Crippen molar-refractivity contribution in [2.24, 2.45) is 0 Å². The summed E-state index contributed by atoms with van der Waals surface area (Å²) < 4.78 is 6.20. The predicted molar refractivity (Wildman–Crippen MR) is 79.7 cm³/mol. The van der Waals surface area contributed by atoms with Gasteiger partial charge in [-0.1, -0.05) is 27.7 Å². The number of ether oxygens (including phenoxy) is 1. The fraction of sp³-hybridized carbons (Fsp3) is 0.385. The lowest BCUT2D eigenvalue weighted by Crippen LogP contribution is -2.25. The van der Waals surface area contributed by atoms with Crippen molar-refractivity contribution in [3.05, 3.63) is 22.7 Å². The number of hydrogen-bond acceptors (Lipinski definition) is 4. The molecule has 0 radical (unpaired) electrons. The number of anilines is 1. The second-order valence-corrected chi connectivity index (χ2v) is 6.65. The number of thioether (sulfide) groups is 1. The second-order valence-electron chi connectivity index (χ2n) is 4.26. The first-order chi connectivity index (χ1) is 9.01. The van der Waals surface area contributed by atoms with Crippen LogP contribution in [0.25, 0.3) is 0 Å². The second kappa shape index (κ2) is 5.96. The van der Waals surface area contributed by atoms with Gasteiger partial charge in [0.1, 0.15) is 5.75 Å². The normalized spacial score (nSPS) is 18.8. The summed E-state index contributed by atoms with van der Waals surface area (Å²) in [6.45, 7) is 2.07. The minimum Gasteiger partial charge on any atom is -0.495 e. The van der Waals surface area contributed by atoms with Crippen molar-refractivity contribution in [3.8, 4) is 5.75 Å². The lowest BCUT2D eigenvalue weighted by atomic mass is 10.2. The lowest BCUT2D eigenvalue weighted by molar-refractivity contribution is -0.117. The van der Waals surface area contributed by atoms with Crippen LogP contribution in [0.3, 0.4) is 0 Å². The Morgan fingerprint density at radius 2 is 2.26 bits per heavy atom. The number of nitrogens with zero attached hydrogens (tertiary/aromatic N) is 1. The molecule has 0 bridgehead atoms. The largest absolute Gasteiger partial charge is 0.495 e. The van der Waals surface area contributed by atoms with E-state index in [-0.39, 0.29) is 16.3 Å². The molecule has 102 valence electrons. The first kappa shape index (κ1) is 14.4. The fourth-order valence-electron chi connectivity index (χ4n) is 2.10. The Balaban J connectivity index is 2.23. The van der Waals surface area contributed by atoms with Crippen LogP contribution in [0.4, 0.5) is 5.69 Å². The standard InChI is InChI=1S/C13H14BrNO3S/c1-8(16)19-10-6-13(17)15(7-10)11-4-3-9(14)5-12(11)18-2/h3-5,10H,6-7H2,1-2H3. The molecule has 2 rings (SSSR count). The number of rotatable bonds is 3. The van der Waals surface area contributed by atoms with Gasteiger partial charge in [0.25, 0.3) is 0 Å². The highest BCUT2D eigenvalue weighted by Crippen LogP contribution is 2.36. The van der Waals surface area contributed by atoms with Gasteiger partial charge >= 0.3 is 0 Å². The molecule has 1 amide bonds. The summed E-state index contributed by atoms with van der Waals surface area (Å²) >= 11 is 4.60.